The summed E-state index contributed by atoms with van der Waals surface area (Å²) in [5.41, 5.74) is 2.34. The number of unbranched alkanes of at least 4 members (excludes halogenated alkanes) is 2. The van der Waals surface area contributed by atoms with Crippen LogP contribution in [0.4, 0.5) is 11.6 Å². The van der Waals surface area contributed by atoms with E-state index in [1.165, 1.54) is 12.4 Å². The average molecular weight is 328 g/mol. The summed E-state index contributed by atoms with van der Waals surface area (Å²) in [5, 5.41) is 5.98. The van der Waals surface area contributed by atoms with Gasteiger partial charge in [-0.25, -0.2) is 9.97 Å². The smallest absolute Gasteiger partial charge is 0.254 e. The molecule has 1 aromatic heterocycles. The Balaban J connectivity index is 1.99. The van der Waals surface area contributed by atoms with Crippen LogP contribution in [0.15, 0.2) is 30.6 Å². The van der Waals surface area contributed by atoms with Crippen LogP contribution < -0.4 is 15.4 Å². The number of anilines is 2. The molecule has 0 spiro atoms. The third kappa shape index (κ3) is 4.94. The monoisotopic (exact) mass is 328 g/mol. The maximum atomic E-state index is 12.0. The minimum atomic E-state index is -0.147. The summed E-state index contributed by atoms with van der Waals surface area (Å²) in [7, 11) is 1.61. The third-order valence-corrected chi connectivity index (χ3v) is 3.58. The number of nitrogens with one attached hydrogen (secondary N) is 2. The number of benzene rings is 1. The fraction of sp³-hybridized carbons (Fsp3) is 0.389. The molecule has 0 saturated carbocycles. The molecule has 0 unspecified atom stereocenters. The van der Waals surface area contributed by atoms with Crippen molar-refractivity contribution in [3.05, 3.63) is 41.7 Å². The van der Waals surface area contributed by atoms with Gasteiger partial charge in [-0.2, -0.15) is 0 Å². The van der Waals surface area contributed by atoms with Crippen LogP contribution in [0.25, 0.3) is 0 Å². The van der Waals surface area contributed by atoms with E-state index in [1.807, 2.05) is 25.1 Å². The number of aromatic nitrogens is 2. The van der Waals surface area contributed by atoms with Gasteiger partial charge in [0.05, 0.1) is 18.4 Å². The van der Waals surface area contributed by atoms with E-state index in [4.69, 9.17) is 4.74 Å². The second-order valence-electron chi connectivity index (χ2n) is 5.59. The predicted octanol–water partition coefficient (Wildman–Crippen LogP) is 3.46. The van der Waals surface area contributed by atoms with E-state index in [9.17, 15) is 4.79 Å². The van der Waals surface area contributed by atoms with Gasteiger partial charge < -0.3 is 15.4 Å². The highest BCUT2D eigenvalue weighted by molar-refractivity contribution is 5.93. The van der Waals surface area contributed by atoms with Crippen molar-refractivity contribution in [2.45, 2.75) is 33.1 Å². The van der Waals surface area contributed by atoms with Gasteiger partial charge in [0.15, 0.2) is 0 Å². The molecule has 0 atom stereocenters. The van der Waals surface area contributed by atoms with Crippen molar-refractivity contribution in [3.63, 3.8) is 0 Å². The zero-order chi connectivity index (χ0) is 17.4. The molecular weight excluding hydrogens is 304 g/mol. The highest BCUT2D eigenvalue weighted by Gasteiger charge is 2.08. The van der Waals surface area contributed by atoms with Crippen LogP contribution in [0, 0.1) is 6.92 Å². The first-order valence-corrected chi connectivity index (χ1v) is 8.16. The summed E-state index contributed by atoms with van der Waals surface area (Å²) < 4.78 is 5.32. The molecule has 24 heavy (non-hydrogen) atoms. The van der Waals surface area contributed by atoms with Crippen molar-refractivity contribution in [2.24, 2.45) is 0 Å². The summed E-state index contributed by atoms with van der Waals surface area (Å²) in [6.07, 6.45) is 6.26. The molecule has 128 valence electrons. The van der Waals surface area contributed by atoms with Crippen molar-refractivity contribution >= 4 is 17.5 Å². The second-order valence-corrected chi connectivity index (χ2v) is 5.59. The molecule has 6 heteroatoms. The Kier molecular flexibility index (Phi) is 6.54. The molecule has 0 saturated heterocycles. The van der Waals surface area contributed by atoms with Crippen molar-refractivity contribution in [3.8, 4) is 5.75 Å². The van der Waals surface area contributed by atoms with Crippen LogP contribution in [-0.4, -0.2) is 29.5 Å². The number of methoxy groups -OCH3 is 1. The Morgan fingerprint density at radius 1 is 1.21 bits per heavy atom. The Hall–Kier alpha value is -2.63. The number of hydrogen-bond acceptors (Lipinski definition) is 5. The fourth-order valence-corrected chi connectivity index (χ4v) is 2.23. The molecule has 0 radical (unpaired) electrons. The molecule has 1 aromatic carbocycles. The molecule has 0 bridgehead atoms. The third-order valence-electron chi connectivity index (χ3n) is 3.58. The maximum Gasteiger partial charge on any atom is 0.254 e. The van der Waals surface area contributed by atoms with Gasteiger partial charge in [-0.3, -0.25) is 4.79 Å². The lowest BCUT2D eigenvalue weighted by molar-refractivity contribution is 0.0952. The van der Waals surface area contributed by atoms with E-state index in [1.54, 1.807) is 7.11 Å². The summed E-state index contributed by atoms with van der Waals surface area (Å²) in [6, 6.07) is 5.81. The highest BCUT2D eigenvalue weighted by Crippen LogP contribution is 2.27. The summed E-state index contributed by atoms with van der Waals surface area (Å²) in [4.78, 5) is 20.4. The zero-order valence-corrected chi connectivity index (χ0v) is 14.4. The molecule has 2 rings (SSSR count). The number of amides is 1. The fourth-order valence-electron chi connectivity index (χ4n) is 2.23. The van der Waals surface area contributed by atoms with Crippen molar-refractivity contribution < 1.29 is 9.53 Å². The van der Waals surface area contributed by atoms with Gasteiger partial charge in [0.1, 0.15) is 5.75 Å². The van der Waals surface area contributed by atoms with Crippen molar-refractivity contribution in [2.75, 3.05) is 19.0 Å². The number of carbonyl (C=O) groups is 1. The largest absolute Gasteiger partial charge is 0.495 e. The Labute approximate surface area is 142 Å². The van der Waals surface area contributed by atoms with Crippen molar-refractivity contribution in [1.29, 1.82) is 0 Å². The van der Waals surface area contributed by atoms with Gasteiger partial charge in [0.2, 0.25) is 5.95 Å². The predicted molar refractivity (Wildman–Crippen MR) is 94.9 cm³/mol. The molecule has 1 heterocycles. The average Bonchev–Trinajstić information content (AvgIpc) is 2.59. The first kappa shape index (κ1) is 17.7. The Bertz CT molecular complexity index is 671. The molecule has 0 aliphatic heterocycles. The normalized spacial score (nSPS) is 10.3. The van der Waals surface area contributed by atoms with E-state index in [2.05, 4.69) is 27.5 Å². The summed E-state index contributed by atoms with van der Waals surface area (Å²) >= 11 is 0. The molecule has 6 nitrogen and oxygen atoms in total. The standard InChI is InChI=1S/C18H24N4O2/c1-4-5-6-9-19-17(23)14-11-20-18(21-12-14)22-15-10-13(2)7-8-16(15)24-3/h7-8,10-12H,4-6,9H2,1-3H3,(H,19,23)(H,20,21,22). The van der Waals surface area contributed by atoms with Gasteiger partial charge in [-0.15, -0.1) is 0 Å². The molecule has 0 fully saturated rings. The summed E-state index contributed by atoms with van der Waals surface area (Å²) in [5.74, 6) is 0.981. The lowest BCUT2D eigenvalue weighted by atomic mass is 10.2. The minimum Gasteiger partial charge on any atom is -0.495 e. The Morgan fingerprint density at radius 2 is 1.96 bits per heavy atom. The zero-order valence-electron chi connectivity index (χ0n) is 14.4. The van der Waals surface area contributed by atoms with Gasteiger partial charge in [0.25, 0.3) is 5.91 Å². The quantitative estimate of drug-likeness (QED) is 0.726. The number of hydrogen-bond donors (Lipinski definition) is 2. The van der Waals surface area contributed by atoms with Crippen LogP contribution in [0.3, 0.4) is 0 Å². The Morgan fingerprint density at radius 3 is 2.62 bits per heavy atom. The number of carbonyl (C=O) groups excluding carboxylic acids is 1. The van der Waals surface area contributed by atoms with Gasteiger partial charge in [-0.05, 0) is 31.0 Å². The van der Waals surface area contributed by atoms with Crippen LogP contribution >= 0.6 is 0 Å². The van der Waals surface area contributed by atoms with E-state index in [-0.39, 0.29) is 5.91 Å². The van der Waals surface area contributed by atoms with E-state index in [0.29, 0.717) is 23.8 Å². The molecule has 0 aliphatic carbocycles. The highest BCUT2D eigenvalue weighted by atomic mass is 16.5. The molecule has 0 aliphatic rings. The second kappa shape index (κ2) is 8.86. The summed E-state index contributed by atoms with van der Waals surface area (Å²) in [6.45, 7) is 4.80. The number of aryl methyl sites for hydroxylation is 1. The van der Waals surface area contributed by atoms with Crippen LogP contribution in [0.2, 0.25) is 0 Å². The minimum absolute atomic E-state index is 0.147. The van der Waals surface area contributed by atoms with Crippen molar-refractivity contribution in [1.82, 2.24) is 15.3 Å². The topological polar surface area (TPSA) is 76.1 Å². The van der Waals surface area contributed by atoms with Gasteiger partial charge in [0, 0.05) is 18.9 Å². The van der Waals surface area contributed by atoms with E-state index in [0.717, 1.165) is 30.5 Å². The first-order chi connectivity index (χ1) is 11.6. The van der Waals surface area contributed by atoms with Crippen LogP contribution in [0.1, 0.15) is 42.1 Å². The van der Waals surface area contributed by atoms with Gasteiger partial charge in [-0.1, -0.05) is 25.8 Å². The van der Waals surface area contributed by atoms with Crippen LogP contribution in [-0.2, 0) is 0 Å². The number of rotatable bonds is 8. The van der Waals surface area contributed by atoms with Crippen LogP contribution in [0.5, 0.6) is 5.75 Å². The number of nitrogens with zero attached hydrogens (tertiary/aromatic N) is 2. The molecular formula is C18H24N4O2. The van der Waals surface area contributed by atoms with E-state index < -0.39 is 0 Å². The van der Waals surface area contributed by atoms with E-state index >= 15 is 0 Å². The lowest BCUT2D eigenvalue weighted by Gasteiger charge is -2.11. The number of ether oxygens (including phenoxy) is 1. The maximum absolute atomic E-state index is 12.0. The molecule has 2 aromatic rings. The van der Waals surface area contributed by atoms with Gasteiger partial charge >= 0.3 is 0 Å². The first-order valence-electron chi connectivity index (χ1n) is 8.16. The molecule has 2 N–H and O–H groups in total. The SMILES string of the molecule is CCCCCNC(=O)c1cnc(Nc2cc(C)ccc2OC)nc1. The molecule has 1 amide bonds. The lowest BCUT2D eigenvalue weighted by Crippen LogP contribution is -2.24.